The van der Waals surface area contributed by atoms with Gasteiger partial charge in [-0.15, -0.1) is 0 Å². The predicted octanol–water partition coefficient (Wildman–Crippen LogP) is 4.17. The van der Waals surface area contributed by atoms with Crippen molar-refractivity contribution in [2.75, 3.05) is 10.3 Å². The fraction of sp³-hybridized carbons (Fsp3) is 0.0476. The molecule has 1 N–H and O–H groups in total. The summed E-state index contributed by atoms with van der Waals surface area (Å²) in [5, 5.41) is 13.6. The van der Waals surface area contributed by atoms with Gasteiger partial charge >= 0.3 is 12.0 Å². The van der Waals surface area contributed by atoms with Crippen LogP contribution in [-0.4, -0.2) is 23.4 Å². The van der Waals surface area contributed by atoms with Crippen LogP contribution in [0.3, 0.4) is 0 Å². The van der Waals surface area contributed by atoms with Crippen LogP contribution in [0.4, 0.5) is 16.2 Å². The summed E-state index contributed by atoms with van der Waals surface area (Å²) in [7, 11) is 0. The molecule has 0 bridgehead atoms. The quantitative estimate of drug-likeness (QED) is 0.553. The number of benzene rings is 3. The van der Waals surface area contributed by atoms with Crippen LogP contribution in [0, 0.1) is 0 Å². The number of nitrogens with one attached hydrogen (secondary N) is 1. The van der Waals surface area contributed by atoms with E-state index in [1.54, 1.807) is 37.3 Å². The molecule has 4 rings (SSSR count). The van der Waals surface area contributed by atoms with Crippen molar-refractivity contribution in [2.24, 2.45) is 10.3 Å². The molecule has 0 aromatic heterocycles. The van der Waals surface area contributed by atoms with Gasteiger partial charge in [0.15, 0.2) is 5.71 Å². The van der Waals surface area contributed by atoms with Gasteiger partial charge in [0.25, 0.3) is 0 Å². The lowest BCUT2D eigenvalue weighted by molar-refractivity contribution is -0.112. The Kier molecular flexibility index (Phi) is 4.55. The van der Waals surface area contributed by atoms with Crippen LogP contribution in [0.25, 0.3) is 10.8 Å². The maximum atomic E-state index is 12.5. The molecule has 2 amide bonds. The lowest BCUT2D eigenvalue weighted by Crippen LogP contribution is -2.27. The van der Waals surface area contributed by atoms with E-state index in [1.165, 1.54) is 5.01 Å². The third kappa shape index (κ3) is 3.33. The fourth-order valence-electron chi connectivity index (χ4n) is 2.90. The number of rotatable bonds is 3. The molecule has 0 fully saturated rings. The predicted molar refractivity (Wildman–Crippen MR) is 109 cm³/mol. The molecular formula is C21H16N4O3. The number of para-hydroxylation sites is 1. The molecule has 0 spiro atoms. The maximum absolute atomic E-state index is 12.5. The molecule has 0 aliphatic carbocycles. The number of hydrogen-bond donors (Lipinski definition) is 1. The SMILES string of the molecule is CC1=NN(c2ccccc2)C(=O)/C1=N/OC(=O)Nc1cccc2ccccc12. The van der Waals surface area contributed by atoms with Crippen LogP contribution < -0.4 is 10.3 Å². The van der Waals surface area contributed by atoms with Gasteiger partial charge in [-0.25, -0.2) is 4.79 Å². The third-order valence-electron chi connectivity index (χ3n) is 4.23. The van der Waals surface area contributed by atoms with Gasteiger partial charge in [-0.2, -0.15) is 10.1 Å². The molecule has 0 radical (unpaired) electrons. The highest BCUT2D eigenvalue weighted by Gasteiger charge is 2.31. The number of carbonyl (C=O) groups excluding carboxylic acids is 2. The van der Waals surface area contributed by atoms with E-state index in [0.717, 1.165) is 10.8 Å². The first-order chi connectivity index (χ1) is 13.6. The molecule has 0 saturated heterocycles. The van der Waals surface area contributed by atoms with Crippen molar-refractivity contribution in [3.63, 3.8) is 0 Å². The van der Waals surface area contributed by atoms with Crippen LogP contribution >= 0.6 is 0 Å². The Balaban J connectivity index is 1.49. The molecule has 3 aromatic rings. The second kappa shape index (κ2) is 7.32. The van der Waals surface area contributed by atoms with Gasteiger partial charge in [0.2, 0.25) is 0 Å². The number of amides is 2. The lowest BCUT2D eigenvalue weighted by Gasteiger charge is -2.10. The molecule has 28 heavy (non-hydrogen) atoms. The Hall–Kier alpha value is -4.00. The Morgan fingerprint density at radius 2 is 1.71 bits per heavy atom. The molecule has 0 saturated carbocycles. The van der Waals surface area contributed by atoms with Gasteiger partial charge in [0.1, 0.15) is 0 Å². The fourth-order valence-corrected chi connectivity index (χ4v) is 2.90. The van der Waals surface area contributed by atoms with E-state index in [1.807, 2.05) is 42.5 Å². The summed E-state index contributed by atoms with van der Waals surface area (Å²) < 4.78 is 0. The Labute approximate surface area is 160 Å². The first-order valence-corrected chi connectivity index (χ1v) is 8.62. The topological polar surface area (TPSA) is 83.4 Å². The van der Waals surface area contributed by atoms with Crippen molar-refractivity contribution in [1.82, 2.24) is 0 Å². The van der Waals surface area contributed by atoms with E-state index in [9.17, 15) is 9.59 Å². The smallest absolute Gasteiger partial charge is 0.297 e. The van der Waals surface area contributed by atoms with Crippen molar-refractivity contribution in [3.05, 3.63) is 72.8 Å². The largest absolute Gasteiger partial charge is 0.437 e. The first-order valence-electron chi connectivity index (χ1n) is 8.62. The molecule has 1 aliphatic rings. The second-order valence-corrected chi connectivity index (χ2v) is 6.11. The van der Waals surface area contributed by atoms with Crippen molar-refractivity contribution in [1.29, 1.82) is 0 Å². The maximum Gasteiger partial charge on any atom is 0.437 e. The molecule has 7 nitrogen and oxygen atoms in total. The summed E-state index contributed by atoms with van der Waals surface area (Å²) in [4.78, 5) is 29.6. The van der Waals surface area contributed by atoms with Crippen molar-refractivity contribution < 1.29 is 14.4 Å². The summed E-state index contributed by atoms with van der Waals surface area (Å²) in [5.74, 6) is -0.457. The number of fused-ring (bicyclic) bond motifs is 1. The average molecular weight is 372 g/mol. The normalized spacial score (nSPS) is 15.0. The first kappa shape index (κ1) is 17.4. The average Bonchev–Trinajstić information content (AvgIpc) is 3.01. The standard InChI is InChI=1S/C21H16N4O3/c1-14-19(20(26)25(23-14)16-10-3-2-4-11-16)24-28-21(27)22-18-13-7-9-15-8-5-6-12-17(15)18/h2-13H,1H3,(H,22,27)/b24-19+. The zero-order chi connectivity index (χ0) is 19.5. The van der Waals surface area contributed by atoms with E-state index >= 15 is 0 Å². The van der Waals surface area contributed by atoms with Gasteiger partial charge < -0.3 is 0 Å². The molecular weight excluding hydrogens is 356 g/mol. The van der Waals surface area contributed by atoms with Gasteiger partial charge in [0, 0.05) is 5.39 Å². The van der Waals surface area contributed by atoms with Crippen LogP contribution in [0.2, 0.25) is 0 Å². The summed E-state index contributed by atoms with van der Waals surface area (Å²) >= 11 is 0. The van der Waals surface area contributed by atoms with Crippen LogP contribution in [0.1, 0.15) is 6.92 Å². The van der Waals surface area contributed by atoms with Crippen molar-refractivity contribution >= 4 is 45.6 Å². The minimum atomic E-state index is -0.789. The van der Waals surface area contributed by atoms with Crippen LogP contribution in [0.15, 0.2) is 83.1 Å². The summed E-state index contributed by atoms with van der Waals surface area (Å²) in [6.07, 6.45) is -0.789. The van der Waals surface area contributed by atoms with Gasteiger partial charge in [0.05, 0.1) is 17.1 Å². The number of nitrogens with zero attached hydrogens (tertiary/aromatic N) is 3. The second-order valence-electron chi connectivity index (χ2n) is 6.11. The molecule has 1 aliphatic heterocycles. The molecule has 0 unspecified atom stereocenters. The van der Waals surface area contributed by atoms with Crippen LogP contribution in [-0.2, 0) is 9.63 Å². The molecule has 1 heterocycles. The highest BCUT2D eigenvalue weighted by atomic mass is 16.7. The van der Waals surface area contributed by atoms with Crippen LogP contribution in [0.5, 0.6) is 0 Å². The third-order valence-corrected chi connectivity index (χ3v) is 4.23. The Bertz CT molecular complexity index is 1120. The lowest BCUT2D eigenvalue weighted by atomic mass is 10.1. The minimum Gasteiger partial charge on any atom is -0.297 e. The number of oxime groups is 1. The number of carbonyl (C=O) groups is 2. The zero-order valence-electron chi connectivity index (χ0n) is 15.0. The van der Waals surface area contributed by atoms with E-state index in [-0.39, 0.29) is 5.71 Å². The van der Waals surface area contributed by atoms with Crippen molar-refractivity contribution in [2.45, 2.75) is 6.92 Å². The highest BCUT2D eigenvalue weighted by molar-refractivity contribution is 6.71. The zero-order valence-corrected chi connectivity index (χ0v) is 15.0. The molecule has 7 heteroatoms. The van der Waals surface area contributed by atoms with E-state index in [0.29, 0.717) is 17.1 Å². The summed E-state index contributed by atoms with van der Waals surface area (Å²) in [5.41, 5.74) is 1.55. The molecule has 0 atom stereocenters. The van der Waals surface area contributed by atoms with E-state index in [2.05, 4.69) is 15.6 Å². The van der Waals surface area contributed by atoms with Gasteiger partial charge in [-0.1, -0.05) is 59.8 Å². The monoisotopic (exact) mass is 372 g/mol. The van der Waals surface area contributed by atoms with E-state index in [4.69, 9.17) is 4.84 Å². The molecule has 3 aromatic carbocycles. The number of hydrogen-bond acceptors (Lipinski definition) is 5. The van der Waals surface area contributed by atoms with Gasteiger partial charge in [-0.3, -0.25) is 14.9 Å². The van der Waals surface area contributed by atoms with E-state index < -0.39 is 12.0 Å². The van der Waals surface area contributed by atoms with Crippen molar-refractivity contribution in [3.8, 4) is 0 Å². The minimum absolute atomic E-state index is 0.0167. The van der Waals surface area contributed by atoms with Gasteiger partial charge in [-0.05, 0) is 30.5 Å². The number of anilines is 2. The highest BCUT2D eigenvalue weighted by Crippen LogP contribution is 2.23. The number of hydrazone groups is 1. The Morgan fingerprint density at radius 3 is 2.54 bits per heavy atom. The molecule has 138 valence electrons. The Morgan fingerprint density at radius 1 is 1.00 bits per heavy atom. The summed E-state index contributed by atoms with van der Waals surface area (Å²) in [6.45, 7) is 1.63. The summed E-state index contributed by atoms with van der Waals surface area (Å²) in [6, 6.07) is 22.1.